The van der Waals surface area contributed by atoms with E-state index >= 15 is 0 Å². The second-order valence-electron chi connectivity index (χ2n) is 3.69. The maximum atomic E-state index is 11.9. The summed E-state index contributed by atoms with van der Waals surface area (Å²) in [6, 6.07) is 4.59. The van der Waals surface area contributed by atoms with Crippen molar-refractivity contribution >= 4 is 5.91 Å². The SMILES string of the molecule is O=C(CCn1ccccc1=O)NCC(O)C(F)F. The van der Waals surface area contributed by atoms with Gasteiger partial charge in [0, 0.05) is 31.8 Å². The number of amides is 1. The number of hydrogen-bond acceptors (Lipinski definition) is 3. The van der Waals surface area contributed by atoms with E-state index in [0.29, 0.717) is 0 Å². The number of aryl methyl sites for hydroxylation is 1. The van der Waals surface area contributed by atoms with Gasteiger partial charge >= 0.3 is 0 Å². The van der Waals surface area contributed by atoms with Crippen LogP contribution in [0.2, 0.25) is 0 Å². The van der Waals surface area contributed by atoms with Gasteiger partial charge in [0.15, 0.2) is 0 Å². The lowest BCUT2D eigenvalue weighted by Crippen LogP contribution is -2.36. The molecule has 1 atom stereocenters. The molecule has 0 fully saturated rings. The van der Waals surface area contributed by atoms with Crippen molar-refractivity contribution in [3.05, 3.63) is 34.7 Å². The number of hydrogen-bond donors (Lipinski definition) is 2. The summed E-state index contributed by atoms with van der Waals surface area (Å²) in [5.41, 5.74) is -0.238. The fourth-order valence-electron chi connectivity index (χ4n) is 1.26. The molecule has 1 aromatic heterocycles. The molecular formula is C11H14F2N2O3. The Morgan fingerprint density at radius 3 is 2.78 bits per heavy atom. The Morgan fingerprint density at radius 2 is 2.17 bits per heavy atom. The standard InChI is InChI=1S/C11H14F2N2O3/c12-11(13)8(16)7-14-9(17)4-6-15-5-2-1-3-10(15)18/h1-3,5,8,11,16H,4,6-7H2,(H,14,17). The van der Waals surface area contributed by atoms with Crippen LogP contribution in [-0.4, -0.2) is 34.7 Å². The summed E-state index contributed by atoms with van der Waals surface area (Å²) in [6.45, 7) is -0.337. The van der Waals surface area contributed by atoms with Gasteiger partial charge in [-0.2, -0.15) is 0 Å². The van der Waals surface area contributed by atoms with E-state index in [4.69, 9.17) is 5.11 Å². The van der Waals surface area contributed by atoms with Gasteiger partial charge in [-0.3, -0.25) is 9.59 Å². The number of carbonyl (C=O) groups excluding carboxylic acids is 1. The van der Waals surface area contributed by atoms with Crippen molar-refractivity contribution in [2.45, 2.75) is 25.5 Å². The molecule has 5 nitrogen and oxygen atoms in total. The number of pyridine rings is 1. The highest BCUT2D eigenvalue weighted by atomic mass is 19.3. The zero-order chi connectivity index (χ0) is 13.5. The molecule has 0 aliphatic carbocycles. The van der Waals surface area contributed by atoms with E-state index in [1.807, 2.05) is 0 Å². The molecule has 1 heterocycles. The molecule has 0 saturated heterocycles. The first-order valence-corrected chi connectivity index (χ1v) is 5.39. The summed E-state index contributed by atoms with van der Waals surface area (Å²) in [5, 5.41) is 11.0. The third kappa shape index (κ3) is 4.62. The number of nitrogens with zero attached hydrogens (tertiary/aromatic N) is 1. The number of halogens is 2. The van der Waals surface area contributed by atoms with Gasteiger partial charge in [0.25, 0.3) is 12.0 Å². The van der Waals surface area contributed by atoms with Crippen LogP contribution < -0.4 is 10.9 Å². The highest BCUT2D eigenvalue weighted by Gasteiger charge is 2.17. The molecule has 0 aromatic carbocycles. The van der Waals surface area contributed by atoms with E-state index in [0.717, 1.165) is 0 Å². The van der Waals surface area contributed by atoms with Crippen molar-refractivity contribution in [2.24, 2.45) is 0 Å². The zero-order valence-corrected chi connectivity index (χ0v) is 9.55. The second kappa shape index (κ2) is 6.85. The normalized spacial score (nSPS) is 12.4. The molecule has 1 unspecified atom stereocenters. The molecule has 0 radical (unpaired) electrons. The Bertz CT molecular complexity index is 448. The third-order valence-electron chi connectivity index (χ3n) is 2.28. The summed E-state index contributed by atoms with van der Waals surface area (Å²) in [4.78, 5) is 22.6. The number of aliphatic hydroxyl groups is 1. The molecule has 1 aromatic rings. The molecule has 18 heavy (non-hydrogen) atoms. The number of aliphatic hydroxyl groups excluding tert-OH is 1. The Kier molecular flexibility index (Phi) is 5.44. The predicted octanol–water partition coefficient (Wildman–Crippen LogP) is -0.0194. The summed E-state index contributed by atoms with van der Waals surface area (Å²) in [7, 11) is 0. The zero-order valence-electron chi connectivity index (χ0n) is 9.55. The van der Waals surface area contributed by atoms with Crippen LogP contribution >= 0.6 is 0 Å². The smallest absolute Gasteiger partial charge is 0.265 e. The van der Waals surface area contributed by atoms with Crippen LogP contribution in [0.1, 0.15) is 6.42 Å². The molecule has 0 aliphatic heterocycles. The van der Waals surface area contributed by atoms with Crippen molar-refractivity contribution in [1.29, 1.82) is 0 Å². The lowest BCUT2D eigenvalue weighted by molar-refractivity contribution is -0.122. The van der Waals surface area contributed by atoms with E-state index in [2.05, 4.69) is 5.32 Å². The summed E-state index contributed by atoms with van der Waals surface area (Å²) in [6.07, 6.45) is -3.24. The quantitative estimate of drug-likeness (QED) is 0.755. The Morgan fingerprint density at radius 1 is 1.44 bits per heavy atom. The molecule has 100 valence electrons. The third-order valence-corrected chi connectivity index (χ3v) is 2.28. The van der Waals surface area contributed by atoms with Gasteiger partial charge in [0.1, 0.15) is 6.10 Å². The fourth-order valence-corrected chi connectivity index (χ4v) is 1.26. The van der Waals surface area contributed by atoms with E-state index in [1.165, 1.54) is 16.8 Å². The molecule has 2 N–H and O–H groups in total. The van der Waals surface area contributed by atoms with Gasteiger partial charge in [0.2, 0.25) is 5.91 Å². The van der Waals surface area contributed by atoms with Crippen LogP contribution in [0, 0.1) is 0 Å². The summed E-state index contributed by atoms with van der Waals surface area (Å²) < 4.78 is 25.2. The number of carbonyl (C=O) groups is 1. The monoisotopic (exact) mass is 260 g/mol. The van der Waals surface area contributed by atoms with Gasteiger partial charge in [0.05, 0.1) is 0 Å². The van der Waals surface area contributed by atoms with Crippen molar-refractivity contribution in [1.82, 2.24) is 9.88 Å². The fraction of sp³-hybridized carbons (Fsp3) is 0.455. The van der Waals surface area contributed by atoms with Crippen LogP contribution in [0.5, 0.6) is 0 Å². The van der Waals surface area contributed by atoms with Gasteiger partial charge in [-0.25, -0.2) is 8.78 Å². The highest BCUT2D eigenvalue weighted by Crippen LogP contribution is 1.98. The van der Waals surface area contributed by atoms with Gasteiger partial charge in [-0.1, -0.05) is 6.07 Å². The summed E-state index contributed by atoms with van der Waals surface area (Å²) >= 11 is 0. The average Bonchev–Trinajstić information content (AvgIpc) is 2.34. The van der Waals surface area contributed by atoms with E-state index < -0.39 is 25.0 Å². The van der Waals surface area contributed by atoms with Gasteiger partial charge in [-0.15, -0.1) is 0 Å². The molecule has 0 bridgehead atoms. The van der Waals surface area contributed by atoms with E-state index in [9.17, 15) is 18.4 Å². The van der Waals surface area contributed by atoms with Gasteiger partial charge < -0.3 is 15.0 Å². The minimum absolute atomic E-state index is 0.0140. The number of rotatable bonds is 6. The van der Waals surface area contributed by atoms with Crippen LogP contribution in [0.25, 0.3) is 0 Å². The first-order chi connectivity index (χ1) is 8.50. The number of nitrogens with one attached hydrogen (secondary N) is 1. The molecule has 1 rings (SSSR count). The molecular weight excluding hydrogens is 246 g/mol. The maximum absolute atomic E-state index is 11.9. The molecule has 0 aliphatic rings. The predicted molar refractivity (Wildman–Crippen MR) is 60.3 cm³/mol. The van der Waals surface area contributed by atoms with Crippen LogP contribution in [0.4, 0.5) is 8.78 Å². The molecule has 7 heteroatoms. The van der Waals surface area contributed by atoms with Crippen molar-refractivity contribution in [2.75, 3.05) is 6.54 Å². The Hall–Kier alpha value is -1.76. The van der Waals surface area contributed by atoms with Crippen LogP contribution in [0.15, 0.2) is 29.2 Å². The highest BCUT2D eigenvalue weighted by molar-refractivity contribution is 5.75. The lowest BCUT2D eigenvalue weighted by atomic mass is 10.3. The van der Waals surface area contributed by atoms with Crippen molar-refractivity contribution in [3.8, 4) is 0 Å². The Labute approximate surface area is 102 Å². The minimum Gasteiger partial charge on any atom is -0.385 e. The Balaban J connectivity index is 2.34. The van der Waals surface area contributed by atoms with Crippen molar-refractivity contribution < 1.29 is 18.7 Å². The molecule has 1 amide bonds. The number of aromatic nitrogens is 1. The largest absolute Gasteiger partial charge is 0.385 e. The maximum Gasteiger partial charge on any atom is 0.265 e. The first-order valence-electron chi connectivity index (χ1n) is 5.39. The summed E-state index contributed by atoms with van der Waals surface area (Å²) in [5.74, 6) is -0.495. The van der Waals surface area contributed by atoms with Crippen LogP contribution in [0.3, 0.4) is 0 Å². The number of alkyl halides is 2. The first kappa shape index (κ1) is 14.3. The van der Waals surface area contributed by atoms with Crippen LogP contribution in [-0.2, 0) is 11.3 Å². The lowest BCUT2D eigenvalue weighted by Gasteiger charge is -2.11. The van der Waals surface area contributed by atoms with E-state index in [-0.39, 0.29) is 18.5 Å². The van der Waals surface area contributed by atoms with E-state index in [1.54, 1.807) is 12.1 Å². The molecule has 0 spiro atoms. The second-order valence-corrected chi connectivity index (χ2v) is 3.69. The minimum atomic E-state index is -2.89. The molecule has 0 saturated carbocycles. The van der Waals surface area contributed by atoms with Gasteiger partial charge in [-0.05, 0) is 6.07 Å². The average molecular weight is 260 g/mol. The topological polar surface area (TPSA) is 71.3 Å². The van der Waals surface area contributed by atoms with Crippen molar-refractivity contribution in [3.63, 3.8) is 0 Å².